The van der Waals surface area contributed by atoms with E-state index in [1.165, 1.54) is 7.11 Å². The van der Waals surface area contributed by atoms with Crippen molar-refractivity contribution < 1.29 is 9.84 Å². The number of methoxy groups -OCH3 is 1. The van der Waals surface area contributed by atoms with Crippen LogP contribution < -0.4 is 4.74 Å². The third-order valence-corrected chi connectivity index (χ3v) is 3.41. The minimum atomic E-state index is -0.0408. The Bertz CT molecular complexity index is 471. The van der Waals surface area contributed by atoms with Gasteiger partial charge in [0.1, 0.15) is 0 Å². The van der Waals surface area contributed by atoms with Crippen molar-refractivity contribution in [3.05, 3.63) is 22.7 Å². The van der Waals surface area contributed by atoms with Crippen LogP contribution in [0, 0.1) is 0 Å². The van der Waals surface area contributed by atoms with Crippen LogP contribution in [0.2, 0.25) is 5.02 Å². The third-order valence-electron chi connectivity index (χ3n) is 3.12. The van der Waals surface area contributed by atoms with Gasteiger partial charge in [-0.25, -0.2) is 0 Å². The lowest BCUT2D eigenvalue weighted by atomic mass is 10.2. The van der Waals surface area contributed by atoms with Gasteiger partial charge in [0, 0.05) is 26.2 Å². The second-order valence-electron chi connectivity index (χ2n) is 4.56. The molecule has 1 heterocycles. The zero-order valence-electron chi connectivity index (χ0n) is 11.1. The van der Waals surface area contributed by atoms with Gasteiger partial charge in [-0.3, -0.25) is 5.01 Å². The van der Waals surface area contributed by atoms with Crippen LogP contribution in [0.1, 0.15) is 5.56 Å². The quantitative estimate of drug-likeness (QED) is 0.857. The van der Waals surface area contributed by atoms with Crippen LogP contribution in [0.25, 0.3) is 0 Å². The molecule has 1 aliphatic heterocycles. The maximum Gasteiger partial charge on any atom is 0.176 e. The lowest BCUT2D eigenvalue weighted by Crippen LogP contribution is -2.41. The summed E-state index contributed by atoms with van der Waals surface area (Å²) >= 11 is 5.93. The first kappa shape index (κ1) is 14.0. The number of phenols is 1. The van der Waals surface area contributed by atoms with Crippen molar-refractivity contribution in [3.8, 4) is 11.5 Å². The second kappa shape index (κ2) is 6.12. The van der Waals surface area contributed by atoms with Gasteiger partial charge < -0.3 is 14.7 Å². The van der Waals surface area contributed by atoms with Gasteiger partial charge in [0.25, 0.3) is 0 Å². The molecule has 1 saturated heterocycles. The molecule has 1 aromatic carbocycles. The van der Waals surface area contributed by atoms with Crippen LogP contribution in [-0.2, 0) is 0 Å². The van der Waals surface area contributed by atoms with Gasteiger partial charge in [-0.2, -0.15) is 5.10 Å². The van der Waals surface area contributed by atoms with Crippen LogP contribution >= 0.6 is 11.6 Å². The Morgan fingerprint density at radius 2 is 2.00 bits per heavy atom. The highest BCUT2D eigenvalue weighted by Gasteiger charge is 2.11. The fourth-order valence-corrected chi connectivity index (χ4v) is 2.10. The summed E-state index contributed by atoms with van der Waals surface area (Å²) in [4.78, 5) is 2.27. The predicted octanol–water partition coefficient (Wildman–Crippen LogP) is 1.64. The van der Waals surface area contributed by atoms with E-state index in [0.717, 1.165) is 31.7 Å². The van der Waals surface area contributed by atoms with E-state index in [1.807, 2.05) is 5.01 Å². The monoisotopic (exact) mass is 283 g/mol. The van der Waals surface area contributed by atoms with Crippen molar-refractivity contribution in [2.75, 3.05) is 40.3 Å². The number of benzene rings is 1. The van der Waals surface area contributed by atoms with Crippen molar-refractivity contribution in [1.82, 2.24) is 9.91 Å². The average molecular weight is 284 g/mol. The molecule has 0 spiro atoms. The number of rotatable bonds is 3. The van der Waals surface area contributed by atoms with Crippen molar-refractivity contribution in [1.29, 1.82) is 0 Å². The number of halogens is 1. The highest BCUT2D eigenvalue weighted by Crippen LogP contribution is 2.34. The van der Waals surface area contributed by atoms with Gasteiger partial charge >= 0.3 is 0 Å². The van der Waals surface area contributed by atoms with Crippen LogP contribution in [0.5, 0.6) is 11.5 Å². The number of ether oxygens (including phenoxy) is 1. The summed E-state index contributed by atoms with van der Waals surface area (Å²) in [5.41, 5.74) is 0.804. The number of aromatic hydroxyl groups is 1. The molecule has 104 valence electrons. The molecule has 0 saturated carbocycles. The Labute approximate surface area is 118 Å². The van der Waals surface area contributed by atoms with Crippen molar-refractivity contribution in [2.45, 2.75) is 0 Å². The molecule has 0 bridgehead atoms. The Kier molecular flexibility index (Phi) is 4.50. The SMILES string of the molecule is COc1cc(/C=N/N2CCN(C)CC2)cc(Cl)c1O. The molecule has 0 unspecified atom stereocenters. The van der Waals surface area contributed by atoms with Gasteiger partial charge in [0.2, 0.25) is 0 Å². The molecule has 1 N–H and O–H groups in total. The highest BCUT2D eigenvalue weighted by molar-refractivity contribution is 6.32. The van der Waals surface area contributed by atoms with E-state index >= 15 is 0 Å². The summed E-state index contributed by atoms with van der Waals surface area (Å²) in [7, 11) is 3.60. The third kappa shape index (κ3) is 3.52. The van der Waals surface area contributed by atoms with Crippen LogP contribution in [-0.4, -0.2) is 61.6 Å². The van der Waals surface area contributed by atoms with Crippen molar-refractivity contribution >= 4 is 17.8 Å². The lowest BCUT2D eigenvalue weighted by Gasteiger charge is -2.30. The largest absolute Gasteiger partial charge is 0.503 e. The van der Waals surface area contributed by atoms with E-state index in [1.54, 1.807) is 18.3 Å². The summed E-state index contributed by atoms with van der Waals surface area (Å²) < 4.78 is 5.06. The Morgan fingerprint density at radius 3 is 2.63 bits per heavy atom. The summed E-state index contributed by atoms with van der Waals surface area (Å²) in [6.45, 7) is 3.85. The molecule has 0 radical (unpaired) electrons. The summed E-state index contributed by atoms with van der Waals surface area (Å²) in [6.07, 6.45) is 1.74. The van der Waals surface area contributed by atoms with Gasteiger partial charge in [-0.15, -0.1) is 0 Å². The van der Waals surface area contributed by atoms with Crippen LogP contribution in [0.3, 0.4) is 0 Å². The molecule has 0 amide bonds. The number of hydrogen-bond donors (Lipinski definition) is 1. The first-order valence-electron chi connectivity index (χ1n) is 6.14. The molecule has 0 aromatic heterocycles. The maximum atomic E-state index is 9.65. The molecule has 1 fully saturated rings. The minimum absolute atomic E-state index is 0.0408. The number of hydrogen-bond acceptors (Lipinski definition) is 5. The van der Waals surface area contributed by atoms with Gasteiger partial charge in [-0.05, 0) is 24.7 Å². The first-order chi connectivity index (χ1) is 9.10. The number of phenolic OH excluding ortho intramolecular Hbond substituents is 1. The Balaban J connectivity index is 2.08. The molecular formula is C13H18ClN3O2. The van der Waals surface area contributed by atoms with Crippen molar-refractivity contribution in [2.24, 2.45) is 5.10 Å². The average Bonchev–Trinajstić information content (AvgIpc) is 2.41. The highest BCUT2D eigenvalue weighted by atomic mass is 35.5. The maximum absolute atomic E-state index is 9.65. The van der Waals surface area contributed by atoms with Gasteiger partial charge in [0.05, 0.1) is 18.3 Å². The molecule has 19 heavy (non-hydrogen) atoms. The van der Waals surface area contributed by atoms with E-state index < -0.39 is 0 Å². The van der Waals surface area contributed by atoms with Crippen LogP contribution in [0.15, 0.2) is 17.2 Å². The zero-order valence-corrected chi connectivity index (χ0v) is 11.9. The number of piperazine rings is 1. The van der Waals surface area contributed by atoms with Crippen LogP contribution in [0.4, 0.5) is 0 Å². The molecule has 6 heteroatoms. The fraction of sp³-hybridized carbons (Fsp3) is 0.462. The summed E-state index contributed by atoms with van der Waals surface area (Å²) in [5, 5.41) is 16.4. The smallest absolute Gasteiger partial charge is 0.176 e. The van der Waals surface area contributed by atoms with E-state index in [0.29, 0.717) is 5.75 Å². The standard InChI is InChI=1S/C13H18ClN3O2/c1-16-3-5-17(6-4-16)15-9-10-7-11(14)13(18)12(8-10)19-2/h7-9,18H,3-6H2,1-2H3/b15-9+. The summed E-state index contributed by atoms with van der Waals surface area (Å²) in [5.74, 6) is 0.313. The molecule has 0 atom stereocenters. The molecule has 5 nitrogen and oxygen atoms in total. The van der Waals surface area contributed by atoms with Gasteiger partial charge in [-0.1, -0.05) is 11.6 Å². The molecule has 1 aliphatic rings. The molecule has 0 aliphatic carbocycles. The van der Waals surface area contributed by atoms with E-state index in [9.17, 15) is 5.11 Å². The number of likely N-dealkylation sites (N-methyl/N-ethyl adjacent to an activating group) is 1. The summed E-state index contributed by atoms with van der Waals surface area (Å²) in [6, 6.07) is 3.37. The molecular weight excluding hydrogens is 266 g/mol. The normalized spacial score (nSPS) is 17.1. The van der Waals surface area contributed by atoms with E-state index in [2.05, 4.69) is 17.0 Å². The topological polar surface area (TPSA) is 48.3 Å². The lowest BCUT2D eigenvalue weighted by molar-refractivity contribution is 0.159. The zero-order chi connectivity index (χ0) is 13.8. The minimum Gasteiger partial charge on any atom is -0.503 e. The van der Waals surface area contributed by atoms with Gasteiger partial charge in [0.15, 0.2) is 11.5 Å². The second-order valence-corrected chi connectivity index (χ2v) is 4.96. The number of hydrazone groups is 1. The van der Waals surface area contributed by atoms with E-state index in [-0.39, 0.29) is 10.8 Å². The Hall–Kier alpha value is -1.46. The van der Waals surface area contributed by atoms with Crippen molar-refractivity contribution in [3.63, 3.8) is 0 Å². The fourth-order valence-electron chi connectivity index (χ4n) is 1.88. The first-order valence-corrected chi connectivity index (χ1v) is 6.52. The Morgan fingerprint density at radius 1 is 1.32 bits per heavy atom. The van der Waals surface area contributed by atoms with E-state index in [4.69, 9.17) is 16.3 Å². The molecule has 1 aromatic rings. The molecule has 2 rings (SSSR count). The number of nitrogens with zero attached hydrogens (tertiary/aromatic N) is 3. The predicted molar refractivity (Wildman–Crippen MR) is 76.3 cm³/mol.